The number of nitrogen functional groups attached to an aromatic ring is 1. The van der Waals surface area contributed by atoms with Crippen LogP contribution in [0.3, 0.4) is 0 Å². The molecular formula is C10H14N4O. The molecule has 1 saturated carbocycles. The Bertz CT molecular complexity index is 362. The monoisotopic (exact) mass is 206 g/mol. The molecule has 5 heteroatoms. The van der Waals surface area contributed by atoms with Crippen molar-refractivity contribution < 1.29 is 4.79 Å². The largest absolute Gasteiger partial charge is 0.382 e. The number of anilines is 1. The van der Waals surface area contributed by atoms with Gasteiger partial charge in [0, 0.05) is 6.54 Å². The highest BCUT2D eigenvalue weighted by atomic mass is 16.1. The van der Waals surface area contributed by atoms with Crippen LogP contribution in [-0.4, -0.2) is 22.4 Å². The van der Waals surface area contributed by atoms with Gasteiger partial charge in [-0.05, 0) is 18.8 Å². The van der Waals surface area contributed by atoms with Crippen molar-refractivity contribution in [2.24, 2.45) is 5.92 Å². The Morgan fingerprint density at radius 3 is 2.93 bits per heavy atom. The van der Waals surface area contributed by atoms with Gasteiger partial charge in [0.25, 0.3) is 5.91 Å². The first-order valence-corrected chi connectivity index (χ1v) is 5.11. The van der Waals surface area contributed by atoms with Crippen molar-refractivity contribution in [3.05, 3.63) is 18.1 Å². The van der Waals surface area contributed by atoms with Crippen molar-refractivity contribution in [3.8, 4) is 0 Å². The van der Waals surface area contributed by atoms with Crippen LogP contribution in [0.1, 0.15) is 29.8 Å². The Morgan fingerprint density at radius 2 is 2.33 bits per heavy atom. The first-order valence-electron chi connectivity index (χ1n) is 5.11. The maximum absolute atomic E-state index is 11.6. The van der Waals surface area contributed by atoms with E-state index in [4.69, 9.17) is 5.73 Å². The molecule has 0 aliphatic heterocycles. The van der Waals surface area contributed by atoms with E-state index in [0.29, 0.717) is 5.92 Å². The van der Waals surface area contributed by atoms with Gasteiger partial charge in [0.1, 0.15) is 11.5 Å². The van der Waals surface area contributed by atoms with Gasteiger partial charge in [-0.2, -0.15) is 0 Å². The normalized spacial score (nSPS) is 15.7. The molecule has 0 radical (unpaired) electrons. The molecule has 0 saturated heterocycles. The van der Waals surface area contributed by atoms with Gasteiger partial charge in [0.05, 0.1) is 12.4 Å². The van der Waals surface area contributed by atoms with E-state index < -0.39 is 0 Å². The van der Waals surface area contributed by atoms with Crippen LogP contribution in [0.25, 0.3) is 0 Å². The fourth-order valence-corrected chi connectivity index (χ4v) is 1.51. The molecule has 3 N–H and O–H groups in total. The molecule has 1 heterocycles. The molecule has 5 nitrogen and oxygen atoms in total. The molecule has 0 bridgehead atoms. The third-order valence-corrected chi connectivity index (χ3v) is 2.66. The third-order valence-electron chi connectivity index (χ3n) is 2.66. The van der Waals surface area contributed by atoms with Crippen molar-refractivity contribution >= 4 is 11.7 Å². The summed E-state index contributed by atoms with van der Waals surface area (Å²) in [4.78, 5) is 19.3. The fraction of sp³-hybridized carbons (Fsp3) is 0.500. The topological polar surface area (TPSA) is 80.9 Å². The second kappa shape index (κ2) is 4.25. The average molecular weight is 206 g/mol. The van der Waals surface area contributed by atoms with Gasteiger partial charge in [-0.15, -0.1) is 0 Å². The number of nitrogens with zero attached hydrogens (tertiary/aromatic N) is 2. The van der Waals surface area contributed by atoms with Crippen LogP contribution in [0.5, 0.6) is 0 Å². The van der Waals surface area contributed by atoms with E-state index >= 15 is 0 Å². The minimum Gasteiger partial charge on any atom is -0.382 e. The summed E-state index contributed by atoms with van der Waals surface area (Å²) in [7, 11) is 0. The first kappa shape index (κ1) is 9.89. The van der Waals surface area contributed by atoms with Crippen LogP contribution in [0.2, 0.25) is 0 Å². The molecule has 0 spiro atoms. The van der Waals surface area contributed by atoms with Gasteiger partial charge in [-0.25, -0.2) is 4.98 Å². The zero-order valence-corrected chi connectivity index (χ0v) is 8.44. The van der Waals surface area contributed by atoms with Gasteiger partial charge >= 0.3 is 0 Å². The quantitative estimate of drug-likeness (QED) is 0.758. The Morgan fingerprint density at radius 1 is 1.53 bits per heavy atom. The van der Waals surface area contributed by atoms with E-state index in [-0.39, 0.29) is 17.4 Å². The maximum atomic E-state index is 11.6. The van der Waals surface area contributed by atoms with E-state index in [1.54, 1.807) is 0 Å². The van der Waals surface area contributed by atoms with Crippen molar-refractivity contribution in [2.75, 3.05) is 12.3 Å². The molecule has 2 rings (SSSR count). The number of carbonyl (C=O) groups excluding carboxylic acids is 1. The summed E-state index contributed by atoms with van der Waals surface area (Å²) in [6, 6.07) is 0. The Labute approximate surface area is 88.1 Å². The number of rotatable bonds is 3. The molecule has 1 aliphatic carbocycles. The van der Waals surface area contributed by atoms with E-state index in [1.165, 1.54) is 31.7 Å². The Hall–Kier alpha value is -1.65. The molecule has 1 aromatic heterocycles. The lowest BCUT2D eigenvalue weighted by Crippen LogP contribution is -2.32. The number of nitrogens with two attached hydrogens (primary N) is 1. The van der Waals surface area contributed by atoms with Gasteiger partial charge in [0.2, 0.25) is 0 Å². The highest BCUT2D eigenvalue weighted by Gasteiger charge is 2.18. The van der Waals surface area contributed by atoms with Crippen molar-refractivity contribution in [2.45, 2.75) is 19.3 Å². The summed E-state index contributed by atoms with van der Waals surface area (Å²) in [5.74, 6) is 0.718. The summed E-state index contributed by atoms with van der Waals surface area (Å²) >= 11 is 0. The molecule has 0 aromatic carbocycles. The molecule has 80 valence electrons. The summed E-state index contributed by atoms with van der Waals surface area (Å²) in [6.45, 7) is 0.731. The minimum absolute atomic E-state index is 0.193. The Kier molecular flexibility index (Phi) is 2.80. The summed E-state index contributed by atoms with van der Waals surface area (Å²) < 4.78 is 0. The standard InChI is InChI=1S/C10H14N4O/c11-9-6-12-5-8(14-9)10(15)13-4-7-2-1-3-7/h5-7H,1-4H2,(H2,11,14)(H,13,15). The molecule has 1 aliphatic rings. The number of hydrogen-bond acceptors (Lipinski definition) is 4. The second-order valence-electron chi connectivity index (χ2n) is 3.84. The SMILES string of the molecule is Nc1cncc(C(=O)NCC2CCC2)n1. The van der Waals surface area contributed by atoms with Crippen molar-refractivity contribution in [1.82, 2.24) is 15.3 Å². The van der Waals surface area contributed by atoms with Gasteiger partial charge in [0.15, 0.2) is 0 Å². The maximum Gasteiger partial charge on any atom is 0.271 e. The molecule has 15 heavy (non-hydrogen) atoms. The van der Waals surface area contributed by atoms with Gasteiger partial charge in [-0.1, -0.05) is 6.42 Å². The number of amides is 1. The lowest BCUT2D eigenvalue weighted by atomic mass is 9.85. The van der Waals surface area contributed by atoms with Gasteiger partial charge in [-0.3, -0.25) is 9.78 Å². The van der Waals surface area contributed by atoms with Gasteiger partial charge < -0.3 is 11.1 Å². The molecule has 0 atom stereocenters. The van der Waals surface area contributed by atoms with Crippen LogP contribution in [0.15, 0.2) is 12.4 Å². The number of hydrogen-bond donors (Lipinski definition) is 2. The number of aromatic nitrogens is 2. The van der Waals surface area contributed by atoms with E-state index in [1.807, 2.05) is 0 Å². The van der Waals surface area contributed by atoms with Crippen LogP contribution < -0.4 is 11.1 Å². The van der Waals surface area contributed by atoms with Crippen LogP contribution in [0.4, 0.5) is 5.82 Å². The zero-order valence-electron chi connectivity index (χ0n) is 8.44. The number of carbonyl (C=O) groups is 1. The summed E-state index contributed by atoms with van der Waals surface area (Å²) in [5.41, 5.74) is 5.72. The molecule has 1 aromatic rings. The van der Waals surface area contributed by atoms with E-state index in [2.05, 4.69) is 15.3 Å². The summed E-state index contributed by atoms with van der Waals surface area (Å²) in [5, 5.41) is 2.83. The first-order chi connectivity index (χ1) is 7.25. The second-order valence-corrected chi connectivity index (χ2v) is 3.84. The predicted octanol–water partition coefficient (Wildman–Crippen LogP) is 0.589. The van der Waals surface area contributed by atoms with E-state index in [9.17, 15) is 4.79 Å². The molecule has 0 unspecified atom stereocenters. The average Bonchev–Trinajstić information content (AvgIpc) is 2.15. The molecule has 1 fully saturated rings. The minimum atomic E-state index is -0.193. The highest BCUT2D eigenvalue weighted by Crippen LogP contribution is 2.25. The zero-order chi connectivity index (χ0) is 10.7. The van der Waals surface area contributed by atoms with Crippen LogP contribution in [-0.2, 0) is 0 Å². The lowest BCUT2D eigenvalue weighted by molar-refractivity contribution is 0.0934. The lowest BCUT2D eigenvalue weighted by Gasteiger charge is -2.25. The van der Waals surface area contributed by atoms with Crippen LogP contribution in [0, 0.1) is 5.92 Å². The third kappa shape index (κ3) is 2.43. The highest BCUT2D eigenvalue weighted by molar-refractivity contribution is 5.92. The number of nitrogens with one attached hydrogen (secondary N) is 1. The van der Waals surface area contributed by atoms with Crippen molar-refractivity contribution in [1.29, 1.82) is 0 Å². The predicted molar refractivity (Wildman–Crippen MR) is 56.1 cm³/mol. The smallest absolute Gasteiger partial charge is 0.271 e. The molecular weight excluding hydrogens is 192 g/mol. The van der Waals surface area contributed by atoms with Crippen molar-refractivity contribution in [3.63, 3.8) is 0 Å². The van der Waals surface area contributed by atoms with E-state index in [0.717, 1.165) is 6.54 Å². The van der Waals surface area contributed by atoms with Crippen LogP contribution >= 0.6 is 0 Å². The fourth-order valence-electron chi connectivity index (χ4n) is 1.51. The Balaban J connectivity index is 1.89. The summed E-state index contributed by atoms with van der Waals surface area (Å²) in [6.07, 6.45) is 6.54. The molecule has 1 amide bonds.